The predicted molar refractivity (Wildman–Crippen MR) is 51.9 cm³/mol. The van der Waals surface area contributed by atoms with Crippen LogP contribution in [0.1, 0.15) is 18.4 Å². The monoisotopic (exact) mass is 194 g/mol. The fraction of sp³-hybridized carbons (Fsp3) is 0.500. The maximum atomic E-state index is 10.3. The molecule has 1 aliphatic heterocycles. The van der Waals surface area contributed by atoms with Crippen molar-refractivity contribution in [3.8, 4) is 5.75 Å². The number of aromatic nitrogens is 1. The second-order valence-electron chi connectivity index (χ2n) is 3.74. The summed E-state index contributed by atoms with van der Waals surface area (Å²) in [6.45, 7) is 1.46. The lowest BCUT2D eigenvalue weighted by molar-refractivity contribution is 0.0118. The van der Waals surface area contributed by atoms with Crippen molar-refractivity contribution in [3.63, 3.8) is 0 Å². The Morgan fingerprint density at radius 3 is 2.93 bits per heavy atom. The van der Waals surface area contributed by atoms with Gasteiger partial charge in [-0.05, 0) is 25.5 Å². The van der Waals surface area contributed by atoms with Crippen LogP contribution in [-0.2, 0) is 5.60 Å². The molecule has 0 amide bonds. The molecule has 3 N–H and O–H groups in total. The van der Waals surface area contributed by atoms with Gasteiger partial charge in [0.15, 0.2) is 0 Å². The van der Waals surface area contributed by atoms with Gasteiger partial charge in [-0.15, -0.1) is 0 Å². The Kier molecular flexibility index (Phi) is 2.39. The summed E-state index contributed by atoms with van der Waals surface area (Å²) in [6, 6.07) is 1.57. The highest BCUT2D eigenvalue weighted by atomic mass is 16.3. The second-order valence-corrected chi connectivity index (χ2v) is 3.74. The average molecular weight is 194 g/mol. The number of β-amino-alcohol motifs (C(OH)–C–C–N with tert-alkyl or cyclic N) is 1. The van der Waals surface area contributed by atoms with Crippen LogP contribution in [0.4, 0.5) is 0 Å². The number of aromatic hydroxyl groups is 1. The van der Waals surface area contributed by atoms with E-state index in [1.54, 1.807) is 12.3 Å². The maximum absolute atomic E-state index is 10.3. The largest absolute Gasteiger partial charge is 0.506 e. The van der Waals surface area contributed by atoms with Crippen LogP contribution in [0.15, 0.2) is 18.5 Å². The van der Waals surface area contributed by atoms with E-state index in [0.717, 1.165) is 13.0 Å². The van der Waals surface area contributed by atoms with Gasteiger partial charge in [0.2, 0.25) is 0 Å². The van der Waals surface area contributed by atoms with Crippen molar-refractivity contribution in [2.24, 2.45) is 0 Å². The summed E-state index contributed by atoms with van der Waals surface area (Å²) >= 11 is 0. The third-order valence-electron chi connectivity index (χ3n) is 2.62. The van der Waals surface area contributed by atoms with Crippen LogP contribution in [0.2, 0.25) is 0 Å². The van der Waals surface area contributed by atoms with Crippen LogP contribution in [-0.4, -0.2) is 28.3 Å². The molecule has 14 heavy (non-hydrogen) atoms. The lowest BCUT2D eigenvalue weighted by Gasteiger charge is -2.32. The number of pyridine rings is 1. The average Bonchev–Trinajstić information content (AvgIpc) is 2.19. The van der Waals surface area contributed by atoms with Crippen LogP contribution in [0, 0.1) is 0 Å². The molecule has 2 heterocycles. The first kappa shape index (κ1) is 9.43. The molecule has 1 fully saturated rings. The standard InChI is InChI=1S/C10H14N2O2/c13-9-4-8(5-12-6-9)10(14)2-1-3-11-7-10/h4-6,11,13-14H,1-3,7H2. The smallest absolute Gasteiger partial charge is 0.134 e. The molecule has 76 valence electrons. The van der Waals surface area contributed by atoms with Crippen LogP contribution < -0.4 is 5.32 Å². The van der Waals surface area contributed by atoms with Crippen LogP contribution in [0.5, 0.6) is 5.75 Å². The van der Waals surface area contributed by atoms with Gasteiger partial charge >= 0.3 is 0 Å². The summed E-state index contributed by atoms with van der Waals surface area (Å²) < 4.78 is 0. The predicted octanol–water partition coefficient (Wildman–Crippen LogP) is 0.358. The van der Waals surface area contributed by atoms with Gasteiger partial charge in [-0.2, -0.15) is 0 Å². The van der Waals surface area contributed by atoms with Crippen molar-refractivity contribution in [2.45, 2.75) is 18.4 Å². The molecule has 1 aromatic rings. The molecule has 4 nitrogen and oxygen atoms in total. The highest BCUT2D eigenvalue weighted by molar-refractivity contribution is 5.27. The molecule has 1 saturated heterocycles. The summed E-state index contributed by atoms with van der Waals surface area (Å²) in [5.41, 5.74) is -0.186. The van der Waals surface area contributed by atoms with E-state index in [9.17, 15) is 10.2 Å². The Labute approximate surface area is 82.6 Å². The maximum Gasteiger partial charge on any atom is 0.134 e. The minimum atomic E-state index is -0.871. The highest BCUT2D eigenvalue weighted by Gasteiger charge is 2.31. The molecule has 1 unspecified atom stereocenters. The highest BCUT2D eigenvalue weighted by Crippen LogP contribution is 2.29. The topological polar surface area (TPSA) is 65.4 Å². The fourth-order valence-corrected chi connectivity index (χ4v) is 1.82. The number of nitrogens with zero attached hydrogens (tertiary/aromatic N) is 1. The lowest BCUT2D eigenvalue weighted by atomic mass is 9.88. The number of nitrogens with one attached hydrogen (secondary N) is 1. The van der Waals surface area contributed by atoms with Gasteiger partial charge in [0.1, 0.15) is 11.4 Å². The van der Waals surface area contributed by atoms with Crippen LogP contribution >= 0.6 is 0 Å². The van der Waals surface area contributed by atoms with E-state index in [1.807, 2.05) is 0 Å². The number of piperidine rings is 1. The first-order valence-electron chi connectivity index (χ1n) is 4.78. The summed E-state index contributed by atoms with van der Waals surface area (Å²) in [7, 11) is 0. The normalized spacial score (nSPS) is 27.5. The molecule has 1 aliphatic rings. The Hall–Kier alpha value is -1.13. The number of hydrogen-bond donors (Lipinski definition) is 3. The lowest BCUT2D eigenvalue weighted by Crippen LogP contribution is -2.43. The minimum absolute atomic E-state index is 0.0986. The van der Waals surface area contributed by atoms with Crippen molar-refractivity contribution in [1.29, 1.82) is 0 Å². The van der Waals surface area contributed by atoms with E-state index in [2.05, 4.69) is 10.3 Å². The van der Waals surface area contributed by atoms with E-state index >= 15 is 0 Å². The Morgan fingerprint density at radius 2 is 2.29 bits per heavy atom. The van der Waals surface area contributed by atoms with Crippen LogP contribution in [0.3, 0.4) is 0 Å². The molecule has 0 spiro atoms. The Bertz CT molecular complexity index is 322. The van der Waals surface area contributed by atoms with Gasteiger partial charge in [-0.25, -0.2) is 0 Å². The number of rotatable bonds is 1. The zero-order chi connectivity index (χ0) is 10.0. The molecule has 0 radical (unpaired) electrons. The SMILES string of the molecule is Oc1cncc(C2(O)CCCNC2)c1. The quantitative estimate of drug-likeness (QED) is 0.604. The molecule has 4 heteroatoms. The molecule has 0 saturated carbocycles. The fourth-order valence-electron chi connectivity index (χ4n) is 1.82. The third kappa shape index (κ3) is 1.71. The molecule has 0 aromatic carbocycles. The molecule has 1 aromatic heterocycles. The zero-order valence-corrected chi connectivity index (χ0v) is 7.90. The Morgan fingerprint density at radius 1 is 1.43 bits per heavy atom. The van der Waals surface area contributed by atoms with Gasteiger partial charge in [-0.3, -0.25) is 4.98 Å². The minimum Gasteiger partial charge on any atom is -0.506 e. The first-order chi connectivity index (χ1) is 6.71. The number of aliphatic hydroxyl groups is 1. The van der Waals surface area contributed by atoms with Crippen molar-refractivity contribution in [3.05, 3.63) is 24.0 Å². The summed E-state index contributed by atoms with van der Waals surface area (Å²) in [4.78, 5) is 3.87. The van der Waals surface area contributed by atoms with Gasteiger partial charge in [-0.1, -0.05) is 0 Å². The van der Waals surface area contributed by atoms with Crippen molar-refractivity contribution >= 4 is 0 Å². The molecule has 0 bridgehead atoms. The number of hydrogen-bond acceptors (Lipinski definition) is 4. The van der Waals surface area contributed by atoms with E-state index in [4.69, 9.17) is 0 Å². The van der Waals surface area contributed by atoms with Crippen molar-refractivity contribution in [1.82, 2.24) is 10.3 Å². The van der Waals surface area contributed by atoms with Gasteiger partial charge in [0, 0.05) is 18.3 Å². The van der Waals surface area contributed by atoms with Gasteiger partial charge in [0.05, 0.1) is 6.20 Å². The summed E-state index contributed by atoms with van der Waals surface area (Å²) in [5, 5.41) is 22.7. The zero-order valence-electron chi connectivity index (χ0n) is 7.90. The second kappa shape index (κ2) is 3.55. The summed E-state index contributed by atoms with van der Waals surface area (Å²) in [6.07, 6.45) is 4.62. The Balaban J connectivity index is 2.28. The van der Waals surface area contributed by atoms with Crippen molar-refractivity contribution in [2.75, 3.05) is 13.1 Å². The van der Waals surface area contributed by atoms with Crippen LogP contribution in [0.25, 0.3) is 0 Å². The summed E-state index contributed by atoms with van der Waals surface area (Å²) in [5.74, 6) is 0.0986. The first-order valence-corrected chi connectivity index (χ1v) is 4.78. The molecule has 1 atom stereocenters. The van der Waals surface area contributed by atoms with E-state index in [-0.39, 0.29) is 5.75 Å². The van der Waals surface area contributed by atoms with Crippen molar-refractivity contribution < 1.29 is 10.2 Å². The molecule has 0 aliphatic carbocycles. The van der Waals surface area contributed by atoms with Gasteiger partial charge in [0.25, 0.3) is 0 Å². The molecular formula is C10H14N2O2. The van der Waals surface area contributed by atoms with E-state index in [0.29, 0.717) is 18.5 Å². The molecule has 2 rings (SSSR count). The molecular weight excluding hydrogens is 180 g/mol. The third-order valence-corrected chi connectivity index (χ3v) is 2.62. The van der Waals surface area contributed by atoms with E-state index < -0.39 is 5.60 Å². The van der Waals surface area contributed by atoms with Gasteiger partial charge < -0.3 is 15.5 Å². The van der Waals surface area contributed by atoms with E-state index in [1.165, 1.54) is 6.20 Å².